The van der Waals surface area contributed by atoms with Crippen molar-refractivity contribution in [2.75, 3.05) is 0 Å². The molecular formula is C30H22ClN. The summed E-state index contributed by atoms with van der Waals surface area (Å²) < 4.78 is 2.43. The fraction of sp³-hybridized carbons (Fsp3) is 0.0667. The van der Waals surface area contributed by atoms with Crippen LogP contribution in [0, 0.1) is 0 Å². The Balaban J connectivity index is 1.61. The van der Waals surface area contributed by atoms with E-state index in [9.17, 15) is 0 Å². The Morgan fingerprint density at radius 3 is 2.16 bits per heavy atom. The van der Waals surface area contributed by atoms with Gasteiger partial charge in [0, 0.05) is 27.4 Å². The molecule has 0 aliphatic heterocycles. The molecule has 32 heavy (non-hydrogen) atoms. The van der Waals surface area contributed by atoms with E-state index >= 15 is 0 Å². The van der Waals surface area contributed by atoms with Gasteiger partial charge in [0.25, 0.3) is 0 Å². The third-order valence-corrected chi connectivity index (χ3v) is 6.56. The number of hydrogen-bond donors (Lipinski definition) is 0. The smallest absolute Gasteiger partial charge is 0.0538 e. The number of aromatic nitrogens is 1. The Labute approximate surface area is 193 Å². The Morgan fingerprint density at radius 1 is 0.656 bits per heavy atom. The molecule has 0 unspecified atom stereocenters. The molecule has 2 heteroatoms. The van der Waals surface area contributed by atoms with E-state index in [1.54, 1.807) is 0 Å². The highest BCUT2D eigenvalue weighted by Crippen LogP contribution is 2.41. The van der Waals surface area contributed by atoms with E-state index in [1.165, 1.54) is 50.1 Å². The van der Waals surface area contributed by atoms with Crippen molar-refractivity contribution in [3.05, 3.63) is 131 Å². The van der Waals surface area contributed by atoms with Gasteiger partial charge in [-0.15, -0.1) is 0 Å². The van der Waals surface area contributed by atoms with Crippen LogP contribution in [0.3, 0.4) is 0 Å². The molecule has 1 aromatic heterocycles. The summed E-state index contributed by atoms with van der Waals surface area (Å²) in [6.07, 6.45) is 4.41. The van der Waals surface area contributed by atoms with Crippen molar-refractivity contribution in [2.24, 2.45) is 0 Å². The molecule has 0 radical (unpaired) electrons. The molecule has 0 spiro atoms. The molecule has 154 valence electrons. The van der Waals surface area contributed by atoms with Gasteiger partial charge in [0.2, 0.25) is 0 Å². The maximum absolute atomic E-state index is 6.49. The fourth-order valence-electron chi connectivity index (χ4n) is 4.94. The second-order valence-electron chi connectivity index (χ2n) is 8.26. The predicted molar refractivity (Wildman–Crippen MR) is 136 cm³/mol. The van der Waals surface area contributed by atoms with Crippen molar-refractivity contribution in [2.45, 2.75) is 12.8 Å². The first-order valence-corrected chi connectivity index (χ1v) is 11.4. The van der Waals surface area contributed by atoms with Crippen molar-refractivity contribution in [1.29, 1.82) is 0 Å². The molecule has 0 saturated heterocycles. The average Bonchev–Trinajstić information content (AvgIpc) is 3.19. The molecule has 0 bridgehead atoms. The minimum atomic E-state index is 0.772. The van der Waals surface area contributed by atoms with E-state index in [0.29, 0.717) is 0 Å². The quantitative estimate of drug-likeness (QED) is 0.270. The first-order chi connectivity index (χ1) is 15.8. The molecule has 0 amide bonds. The van der Waals surface area contributed by atoms with Crippen LogP contribution >= 0.6 is 11.6 Å². The standard InChI is InChI=1S/C30H22ClN/c31-24-17-18-28-27(20-24)30-26(22-11-5-2-6-12-22)15-8-16-29(30)32(28)25-14-7-13-23(19-25)21-9-3-1-4-10-21/h1-7,9-15,17-20H,8,16H2. The molecule has 1 aliphatic carbocycles. The monoisotopic (exact) mass is 431 g/mol. The van der Waals surface area contributed by atoms with Gasteiger partial charge in [0.05, 0.1) is 5.52 Å². The highest BCUT2D eigenvalue weighted by atomic mass is 35.5. The number of benzene rings is 4. The van der Waals surface area contributed by atoms with E-state index in [2.05, 4.69) is 108 Å². The van der Waals surface area contributed by atoms with Crippen LogP contribution in [0.2, 0.25) is 5.02 Å². The lowest BCUT2D eigenvalue weighted by Gasteiger charge is -2.18. The van der Waals surface area contributed by atoms with Crippen molar-refractivity contribution >= 4 is 28.1 Å². The van der Waals surface area contributed by atoms with E-state index < -0.39 is 0 Å². The number of nitrogens with zero attached hydrogens (tertiary/aromatic N) is 1. The van der Waals surface area contributed by atoms with Crippen LogP contribution in [-0.2, 0) is 6.42 Å². The molecule has 0 saturated carbocycles. The molecule has 1 nitrogen and oxygen atoms in total. The van der Waals surface area contributed by atoms with Crippen LogP contribution in [0.5, 0.6) is 0 Å². The summed E-state index contributed by atoms with van der Waals surface area (Å²) in [6, 6.07) is 36.4. The van der Waals surface area contributed by atoms with Gasteiger partial charge in [0.1, 0.15) is 0 Å². The van der Waals surface area contributed by atoms with E-state index in [4.69, 9.17) is 11.6 Å². The van der Waals surface area contributed by atoms with Crippen molar-refractivity contribution < 1.29 is 0 Å². The van der Waals surface area contributed by atoms with Crippen LogP contribution in [0.1, 0.15) is 23.2 Å². The van der Waals surface area contributed by atoms with Gasteiger partial charge in [-0.05, 0) is 65.4 Å². The number of rotatable bonds is 3. The average molecular weight is 432 g/mol. The summed E-state index contributed by atoms with van der Waals surface area (Å²) in [4.78, 5) is 0. The fourth-order valence-corrected chi connectivity index (χ4v) is 5.11. The summed E-state index contributed by atoms with van der Waals surface area (Å²) >= 11 is 6.49. The maximum Gasteiger partial charge on any atom is 0.0538 e. The zero-order chi connectivity index (χ0) is 21.5. The lowest BCUT2D eigenvalue weighted by Crippen LogP contribution is -2.06. The Morgan fingerprint density at radius 2 is 1.38 bits per heavy atom. The van der Waals surface area contributed by atoms with Crippen LogP contribution in [-0.4, -0.2) is 4.57 Å². The minimum absolute atomic E-state index is 0.772. The first kappa shape index (κ1) is 19.2. The summed E-state index contributed by atoms with van der Waals surface area (Å²) in [5.74, 6) is 0. The molecule has 1 heterocycles. The van der Waals surface area contributed by atoms with Gasteiger partial charge >= 0.3 is 0 Å². The summed E-state index contributed by atoms with van der Waals surface area (Å²) in [5.41, 5.74) is 10.1. The summed E-state index contributed by atoms with van der Waals surface area (Å²) in [6.45, 7) is 0. The lowest BCUT2D eigenvalue weighted by atomic mass is 9.89. The second-order valence-corrected chi connectivity index (χ2v) is 8.69. The first-order valence-electron chi connectivity index (χ1n) is 11.0. The third-order valence-electron chi connectivity index (χ3n) is 6.32. The van der Waals surface area contributed by atoms with E-state index in [-0.39, 0.29) is 0 Å². The Hall–Kier alpha value is -3.55. The molecular weight excluding hydrogens is 410 g/mol. The molecule has 1 aliphatic rings. The zero-order valence-electron chi connectivity index (χ0n) is 17.6. The second kappa shape index (κ2) is 7.85. The van der Waals surface area contributed by atoms with Crippen molar-refractivity contribution in [3.8, 4) is 16.8 Å². The minimum Gasteiger partial charge on any atom is -0.313 e. The normalized spacial score (nSPS) is 13.1. The molecule has 0 N–H and O–H groups in total. The molecule has 4 aromatic carbocycles. The highest BCUT2D eigenvalue weighted by Gasteiger charge is 2.24. The Kier molecular flexibility index (Phi) is 4.70. The van der Waals surface area contributed by atoms with Gasteiger partial charge in [-0.3, -0.25) is 0 Å². The van der Waals surface area contributed by atoms with Gasteiger partial charge in [-0.2, -0.15) is 0 Å². The van der Waals surface area contributed by atoms with Crippen LogP contribution in [0.4, 0.5) is 0 Å². The van der Waals surface area contributed by atoms with E-state index in [0.717, 1.165) is 17.9 Å². The topological polar surface area (TPSA) is 4.93 Å². The molecule has 5 aromatic rings. The van der Waals surface area contributed by atoms with Crippen LogP contribution < -0.4 is 0 Å². The number of halogens is 1. The van der Waals surface area contributed by atoms with Crippen LogP contribution in [0.25, 0.3) is 33.3 Å². The van der Waals surface area contributed by atoms with Gasteiger partial charge in [-0.1, -0.05) is 90.5 Å². The largest absolute Gasteiger partial charge is 0.313 e. The van der Waals surface area contributed by atoms with Crippen molar-refractivity contribution in [3.63, 3.8) is 0 Å². The summed E-state index contributed by atoms with van der Waals surface area (Å²) in [7, 11) is 0. The van der Waals surface area contributed by atoms with Gasteiger partial charge < -0.3 is 4.57 Å². The predicted octanol–water partition coefficient (Wildman–Crippen LogP) is 8.33. The van der Waals surface area contributed by atoms with Crippen LogP contribution in [0.15, 0.2) is 109 Å². The summed E-state index contributed by atoms with van der Waals surface area (Å²) in [5, 5.41) is 1.99. The number of fused-ring (bicyclic) bond motifs is 3. The third kappa shape index (κ3) is 3.18. The lowest BCUT2D eigenvalue weighted by molar-refractivity contribution is 0.884. The van der Waals surface area contributed by atoms with Crippen molar-refractivity contribution in [1.82, 2.24) is 4.57 Å². The SMILES string of the molecule is Clc1ccc2c(c1)c1c(n2-c2cccc(-c3ccccc3)c2)CCC=C1c1ccccc1. The highest BCUT2D eigenvalue weighted by molar-refractivity contribution is 6.31. The number of allylic oxidation sites excluding steroid dienone is 1. The molecule has 0 fully saturated rings. The number of hydrogen-bond acceptors (Lipinski definition) is 0. The van der Waals surface area contributed by atoms with Gasteiger partial charge in [-0.25, -0.2) is 0 Å². The van der Waals surface area contributed by atoms with Gasteiger partial charge in [0.15, 0.2) is 0 Å². The zero-order valence-corrected chi connectivity index (χ0v) is 18.4. The van der Waals surface area contributed by atoms with E-state index in [1.807, 2.05) is 6.07 Å². The Bertz CT molecular complexity index is 1460. The molecule has 6 rings (SSSR count). The maximum atomic E-state index is 6.49. The molecule has 0 atom stereocenters.